The molecule has 0 unspecified atom stereocenters. The molecule has 1 amide bonds. The largest absolute Gasteiger partial charge is 0.310 e. The number of anilines is 1. The zero-order valence-corrected chi connectivity index (χ0v) is 14.3. The van der Waals surface area contributed by atoms with Crippen LogP contribution in [0.4, 0.5) is 5.82 Å². The summed E-state index contributed by atoms with van der Waals surface area (Å²) in [7, 11) is 0. The van der Waals surface area contributed by atoms with E-state index in [0.29, 0.717) is 11.0 Å². The first-order valence-electron chi connectivity index (χ1n) is 7.04. The standard InChI is InChI=1S/C13H21N7OS/c1-9(2)19-10(6-7-14-19)15-11(21)8-22-12-16-17-18-20(12)13(3,4)5/h6-7,9H,8H2,1-5H3,(H,15,21). The molecule has 0 saturated carbocycles. The minimum atomic E-state index is -0.224. The van der Waals surface area contributed by atoms with E-state index in [1.54, 1.807) is 21.6 Å². The van der Waals surface area contributed by atoms with Crippen molar-refractivity contribution in [1.82, 2.24) is 30.0 Å². The number of hydrogen-bond acceptors (Lipinski definition) is 6. The highest BCUT2D eigenvalue weighted by molar-refractivity contribution is 7.99. The molecular weight excluding hydrogens is 302 g/mol. The number of aromatic nitrogens is 6. The van der Waals surface area contributed by atoms with Crippen LogP contribution < -0.4 is 5.32 Å². The summed E-state index contributed by atoms with van der Waals surface area (Å²) in [6, 6.07) is 1.97. The predicted octanol–water partition coefficient (Wildman–Crippen LogP) is 1.94. The molecule has 1 N–H and O–H groups in total. The van der Waals surface area contributed by atoms with Crippen molar-refractivity contribution in [3.05, 3.63) is 12.3 Å². The van der Waals surface area contributed by atoms with Crippen LogP contribution in [0.5, 0.6) is 0 Å². The predicted molar refractivity (Wildman–Crippen MR) is 84.8 cm³/mol. The second-order valence-electron chi connectivity index (χ2n) is 6.14. The molecule has 0 aliphatic heterocycles. The topological polar surface area (TPSA) is 90.5 Å². The Balaban J connectivity index is 1.97. The molecule has 0 radical (unpaired) electrons. The molecule has 0 aliphatic rings. The molecular formula is C13H21N7OS. The van der Waals surface area contributed by atoms with Crippen molar-refractivity contribution < 1.29 is 4.79 Å². The summed E-state index contributed by atoms with van der Waals surface area (Å²) in [4.78, 5) is 12.1. The van der Waals surface area contributed by atoms with E-state index in [1.165, 1.54) is 11.8 Å². The van der Waals surface area contributed by atoms with Crippen LogP contribution in [-0.4, -0.2) is 41.6 Å². The smallest absolute Gasteiger partial charge is 0.235 e. The maximum atomic E-state index is 12.1. The lowest BCUT2D eigenvalue weighted by atomic mass is 10.1. The van der Waals surface area contributed by atoms with Crippen molar-refractivity contribution >= 4 is 23.5 Å². The Bertz CT molecular complexity index is 641. The van der Waals surface area contributed by atoms with Gasteiger partial charge in [-0.3, -0.25) is 4.79 Å². The highest BCUT2D eigenvalue weighted by Crippen LogP contribution is 2.21. The Morgan fingerprint density at radius 2 is 2.14 bits per heavy atom. The number of tetrazole rings is 1. The van der Waals surface area contributed by atoms with Crippen molar-refractivity contribution in [2.75, 3.05) is 11.1 Å². The van der Waals surface area contributed by atoms with Gasteiger partial charge in [-0.25, -0.2) is 9.36 Å². The maximum absolute atomic E-state index is 12.1. The van der Waals surface area contributed by atoms with E-state index in [0.717, 1.165) is 0 Å². The summed E-state index contributed by atoms with van der Waals surface area (Å²) in [5.41, 5.74) is -0.224. The van der Waals surface area contributed by atoms with E-state index in [9.17, 15) is 4.79 Å². The molecule has 0 saturated heterocycles. The van der Waals surface area contributed by atoms with E-state index in [1.807, 2.05) is 34.6 Å². The molecule has 0 spiro atoms. The number of nitrogens with zero attached hydrogens (tertiary/aromatic N) is 6. The fourth-order valence-corrected chi connectivity index (χ4v) is 2.68. The lowest BCUT2D eigenvalue weighted by Crippen LogP contribution is -2.25. The molecule has 2 heterocycles. The molecule has 2 aromatic rings. The molecule has 0 atom stereocenters. The normalized spacial score (nSPS) is 11.9. The first-order valence-corrected chi connectivity index (χ1v) is 8.02. The van der Waals surface area contributed by atoms with Crippen LogP contribution in [0, 0.1) is 0 Å². The summed E-state index contributed by atoms with van der Waals surface area (Å²) < 4.78 is 3.48. The van der Waals surface area contributed by atoms with Gasteiger partial charge in [0.15, 0.2) is 0 Å². The number of hydrogen-bond donors (Lipinski definition) is 1. The molecule has 0 fully saturated rings. The highest BCUT2D eigenvalue weighted by atomic mass is 32.2. The molecule has 0 bridgehead atoms. The summed E-state index contributed by atoms with van der Waals surface area (Å²) in [6.07, 6.45) is 1.67. The number of carbonyl (C=O) groups is 1. The first-order chi connectivity index (χ1) is 10.3. The van der Waals surface area contributed by atoms with Gasteiger partial charge in [-0.05, 0) is 45.0 Å². The van der Waals surface area contributed by atoms with Crippen molar-refractivity contribution in [2.24, 2.45) is 0 Å². The molecule has 120 valence electrons. The van der Waals surface area contributed by atoms with E-state index in [-0.39, 0.29) is 23.2 Å². The third kappa shape index (κ3) is 3.85. The van der Waals surface area contributed by atoms with E-state index < -0.39 is 0 Å². The third-order valence-corrected chi connectivity index (χ3v) is 3.75. The van der Waals surface area contributed by atoms with E-state index >= 15 is 0 Å². The molecule has 2 aromatic heterocycles. The van der Waals surface area contributed by atoms with Gasteiger partial charge in [0.1, 0.15) is 5.82 Å². The number of thioether (sulfide) groups is 1. The first kappa shape index (κ1) is 16.5. The second kappa shape index (κ2) is 6.47. The van der Waals surface area contributed by atoms with Gasteiger partial charge in [-0.15, -0.1) is 5.10 Å². The molecule has 9 heteroatoms. The maximum Gasteiger partial charge on any atom is 0.235 e. The van der Waals surface area contributed by atoms with Gasteiger partial charge in [-0.1, -0.05) is 11.8 Å². The molecule has 2 rings (SSSR count). The minimum absolute atomic E-state index is 0.115. The van der Waals surface area contributed by atoms with Crippen molar-refractivity contribution in [1.29, 1.82) is 0 Å². The summed E-state index contributed by atoms with van der Waals surface area (Å²) in [6.45, 7) is 10.0. The Kier molecular flexibility index (Phi) is 4.84. The fourth-order valence-electron chi connectivity index (χ4n) is 1.82. The van der Waals surface area contributed by atoms with Gasteiger partial charge < -0.3 is 5.32 Å². The van der Waals surface area contributed by atoms with Crippen LogP contribution in [0.15, 0.2) is 17.4 Å². The van der Waals surface area contributed by atoms with Gasteiger partial charge in [0.2, 0.25) is 11.1 Å². The minimum Gasteiger partial charge on any atom is -0.310 e. The van der Waals surface area contributed by atoms with Gasteiger partial charge in [-0.2, -0.15) is 5.10 Å². The number of carbonyl (C=O) groups excluding carboxylic acids is 1. The van der Waals surface area contributed by atoms with Crippen LogP contribution in [0.2, 0.25) is 0 Å². The molecule has 8 nitrogen and oxygen atoms in total. The highest BCUT2D eigenvalue weighted by Gasteiger charge is 2.20. The van der Waals surface area contributed by atoms with Crippen LogP contribution in [0.25, 0.3) is 0 Å². The molecule has 0 aromatic carbocycles. The van der Waals surface area contributed by atoms with Crippen LogP contribution >= 0.6 is 11.8 Å². The Hall–Kier alpha value is -1.90. The van der Waals surface area contributed by atoms with E-state index in [4.69, 9.17) is 0 Å². The average molecular weight is 323 g/mol. The van der Waals surface area contributed by atoms with Gasteiger partial charge in [0.25, 0.3) is 0 Å². The van der Waals surface area contributed by atoms with Gasteiger partial charge >= 0.3 is 0 Å². The molecule has 0 aliphatic carbocycles. The quantitative estimate of drug-likeness (QED) is 0.846. The van der Waals surface area contributed by atoms with Crippen LogP contribution in [0.3, 0.4) is 0 Å². The summed E-state index contributed by atoms with van der Waals surface area (Å²) in [5.74, 6) is 0.812. The van der Waals surface area contributed by atoms with E-state index in [2.05, 4.69) is 25.9 Å². The number of rotatable bonds is 5. The lowest BCUT2D eigenvalue weighted by Gasteiger charge is -2.19. The fraction of sp³-hybridized carbons (Fsp3) is 0.615. The lowest BCUT2D eigenvalue weighted by molar-refractivity contribution is -0.113. The number of amides is 1. The van der Waals surface area contributed by atoms with Crippen molar-refractivity contribution in [2.45, 2.75) is 51.4 Å². The monoisotopic (exact) mass is 323 g/mol. The van der Waals surface area contributed by atoms with Gasteiger partial charge in [0, 0.05) is 12.1 Å². The molecule has 22 heavy (non-hydrogen) atoms. The second-order valence-corrected chi connectivity index (χ2v) is 7.08. The van der Waals surface area contributed by atoms with Crippen molar-refractivity contribution in [3.63, 3.8) is 0 Å². The Morgan fingerprint density at radius 3 is 2.77 bits per heavy atom. The Labute approximate surface area is 133 Å². The SMILES string of the molecule is CC(C)n1nccc1NC(=O)CSc1nnnn1C(C)(C)C. The zero-order valence-electron chi connectivity index (χ0n) is 13.4. The summed E-state index contributed by atoms with van der Waals surface area (Å²) >= 11 is 1.31. The third-order valence-electron chi connectivity index (χ3n) is 2.84. The van der Waals surface area contributed by atoms with Crippen LogP contribution in [-0.2, 0) is 10.3 Å². The van der Waals surface area contributed by atoms with Crippen LogP contribution in [0.1, 0.15) is 40.7 Å². The zero-order chi connectivity index (χ0) is 16.3. The van der Waals surface area contributed by atoms with Gasteiger partial charge in [0.05, 0.1) is 17.5 Å². The summed E-state index contributed by atoms with van der Waals surface area (Å²) in [5, 5.41) is 19.3. The average Bonchev–Trinajstić information content (AvgIpc) is 3.03. The van der Waals surface area contributed by atoms with Crippen molar-refractivity contribution in [3.8, 4) is 0 Å². The Morgan fingerprint density at radius 1 is 1.41 bits per heavy atom. The number of nitrogens with one attached hydrogen (secondary N) is 1.